The fraction of sp³-hybridized carbons (Fsp3) is 0.385. The molecule has 0 aliphatic heterocycles. The zero-order valence-electron chi connectivity index (χ0n) is 8.54. The highest BCUT2D eigenvalue weighted by Crippen LogP contribution is 2.36. The summed E-state index contributed by atoms with van der Waals surface area (Å²) in [5.41, 5.74) is 4.41. The fourth-order valence-electron chi connectivity index (χ4n) is 2.09. The Morgan fingerprint density at radius 2 is 2.08 bits per heavy atom. The second kappa shape index (κ2) is 3.02. The summed E-state index contributed by atoms with van der Waals surface area (Å²) in [5, 5.41) is 0. The Morgan fingerprint density at radius 3 is 2.77 bits per heavy atom. The Morgan fingerprint density at radius 1 is 1.31 bits per heavy atom. The molecule has 2 aliphatic carbocycles. The van der Waals surface area contributed by atoms with Crippen molar-refractivity contribution in [2.45, 2.75) is 20.8 Å². The largest absolute Gasteiger partial charge is 0.0732 e. The molecule has 0 aromatic rings. The molecule has 0 aromatic heterocycles. The summed E-state index contributed by atoms with van der Waals surface area (Å²) < 4.78 is 0. The first kappa shape index (κ1) is 8.55. The van der Waals surface area contributed by atoms with Crippen LogP contribution in [0.25, 0.3) is 0 Å². The average Bonchev–Trinajstić information content (AvgIpc) is 2.49. The average molecular weight is 172 g/mol. The van der Waals surface area contributed by atoms with Crippen LogP contribution >= 0.6 is 0 Å². The summed E-state index contributed by atoms with van der Waals surface area (Å²) in [4.78, 5) is 0. The standard InChI is InChI=1S/C13H16/c1-9(2)13-8-10(3)7-11-5-4-6-12(11)13/h4-9,11H,1-3H3. The van der Waals surface area contributed by atoms with Gasteiger partial charge in [0.25, 0.3) is 0 Å². The number of allylic oxidation sites excluding steroid dienone is 8. The molecule has 0 N–H and O–H groups in total. The topological polar surface area (TPSA) is 0 Å². The van der Waals surface area contributed by atoms with Gasteiger partial charge < -0.3 is 0 Å². The molecule has 2 rings (SSSR count). The van der Waals surface area contributed by atoms with E-state index in [0.29, 0.717) is 11.8 Å². The van der Waals surface area contributed by atoms with Crippen molar-refractivity contribution in [2.24, 2.45) is 11.8 Å². The van der Waals surface area contributed by atoms with Crippen LogP contribution in [0.4, 0.5) is 0 Å². The Kier molecular flexibility index (Phi) is 1.99. The maximum atomic E-state index is 2.33. The lowest BCUT2D eigenvalue weighted by Crippen LogP contribution is -2.08. The summed E-state index contributed by atoms with van der Waals surface area (Å²) in [7, 11) is 0. The predicted octanol–water partition coefficient (Wildman–Crippen LogP) is 3.64. The molecule has 0 aromatic carbocycles. The zero-order valence-corrected chi connectivity index (χ0v) is 8.54. The van der Waals surface area contributed by atoms with Crippen LogP contribution in [-0.2, 0) is 0 Å². The van der Waals surface area contributed by atoms with Crippen molar-refractivity contribution in [1.29, 1.82) is 0 Å². The van der Waals surface area contributed by atoms with Crippen LogP contribution in [0.15, 0.2) is 47.1 Å². The normalized spacial score (nSPS) is 25.5. The van der Waals surface area contributed by atoms with E-state index in [1.807, 2.05) is 0 Å². The summed E-state index contributed by atoms with van der Waals surface area (Å²) in [6.07, 6.45) is 11.3. The monoisotopic (exact) mass is 172 g/mol. The van der Waals surface area contributed by atoms with Crippen molar-refractivity contribution in [3.05, 3.63) is 47.1 Å². The van der Waals surface area contributed by atoms with E-state index in [4.69, 9.17) is 0 Å². The summed E-state index contributed by atoms with van der Waals surface area (Å²) in [6.45, 7) is 6.71. The van der Waals surface area contributed by atoms with Gasteiger partial charge >= 0.3 is 0 Å². The van der Waals surface area contributed by atoms with Gasteiger partial charge in [-0.25, -0.2) is 0 Å². The summed E-state index contributed by atoms with van der Waals surface area (Å²) in [6, 6.07) is 0. The molecule has 0 saturated heterocycles. The minimum absolute atomic E-state index is 0.558. The minimum Gasteiger partial charge on any atom is -0.0732 e. The van der Waals surface area contributed by atoms with Crippen LogP contribution in [0.3, 0.4) is 0 Å². The molecule has 1 unspecified atom stereocenters. The first-order valence-electron chi connectivity index (χ1n) is 4.97. The minimum atomic E-state index is 0.558. The van der Waals surface area contributed by atoms with Crippen LogP contribution in [-0.4, -0.2) is 0 Å². The van der Waals surface area contributed by atoms with Crippen LogP contribution in [0, 0.1) is 11.8 Å². The molecule has 0 heterocycles. The Hall–Kier alpha value is -1.04. The molecule has 0 spiro atoms. The maximum absolute atomic E-state index is 2.33. The van der Waals surface area contributed by atoms with E-state index in [1.54, 1.807) is 0 Å². The maximum Gasteiger partial charge on any atom is 0.0210 e. The van der Waals surface area contributed by atoms with Gasteiger partial charge in [0.15, 0.2) is 0 Å². The molecule has 0 saturated carbocycles. The Balaban J connectivity index is 2.41. The zero-order chi connectivity index (χ0) is 9.42. The highest BCUT2D eigenvalue weighted by molar-refractivity contribution is 5.52. The summed E-state index contributed by atoms with van der Waals surface area (Å²) >= 11 is 0. The van der Waals surface area contributed by atoms with Crippen LogP contribution in [0.1, 0.15) is 20.8 Å². The van der Waals surface area contributed by atoms with Gasteiger partial charge in [-0.1, -0.05) is 49.8 Å². The third kappa shape index (κ3) is 1.41. The molecule has 13 heavy (non-hydrogen) atoms. The van der Waals surface area contributed by atoms with E-state index >= 15 is 0 Å². The molecule has 1 atom stereocenters. The van der Waals surface area contributed by atoms with E-state index in [0.717, 1.165) is 0 Å². The Labute approximate surface area is 80.3 Å². The van der Waals surface area contributed by atoms with Crippen molar-refractivity contribution in [3.8, 4) is 0 Å². The van der Waals surface area contributed by atoms with Crippen molar-refractivity contribution >= 4 is 0 Å². The first-order valence-corrected chi connectivity index (χ1v) is 4.97. The van der Waals surface area contributed by atoms with Gasteiger partial charge in [0.05, 0.1) is 0 Å². The number of hydrogen-bond donors (Lipinski definition) is 0. The van der Waals surface area contributed by atoms with E-state index in [1.165, 1.54) is 16.7 Å². The molecule has 0 heteroatoms. The third-order valence-electron chi connectivity index (χ3n) is 2.73. The van der Waals surface area contributed by atoms with E-state index in [9.17, 15) is 0 Å². The van der Waals surface area contributed by atoms with Gasteiger partial charge in [-0.15, -0.1) is 0 Å². The lowest BCUT2D eigenvalue weighted by Gasteiger charge is -2.22. The highest BCUT2D eigenvalue weighted by Gasteiger charge is 2.21. The second-order valence-electron chi connectivity index (χ2n) is 4.20. The third-order valence-corrected chi connectivity index (χ3v) is 2.73. The lowest BCUT2D eigenvalue weighted by atomic mass is 9.82. The number of rotatable bonds is 1. The van der Waals surface area contributed by atoms with Gasteiger partial charge in [-0.3, -0.25) is 0 Å². The van der Waals surface area contributed by atoms with E-state index < -0.39 is 0 Å². The van der Waals surface area contributed by atoms with Crippen molar-refractivity contribution in [1.82, 2.24) is 0 Å². The van der Waals surface area contributed by atoms with Gasteiger partial charge in [-0.2, -0.15) is 0 Å². The number of hydrogen-bond acceptors (Lipinski definition) is 0. The number of fused-ring (bicyclic) bond motifs is 1. The van der Waals surface area contributed by atoms with E-state index in [2.05, 4.69) is 51.2 Å². The summed E-state index contributed by atoms with van der Waals surface area (Å²) in [5.74, 6) is 1.19. The Bertz CT molecular complexity index is 335. The SMILES string of the molecule is CC1=CC2C=CC=C2C(C(C)C)=C1. The highest BCUT2D eigenvalue weighted by atomic mass is 14.3. The quantitative estimate of drug-likeness (QED) is 0.566. The molecular formula is C13H16. The molecule has 68 valence electrons. The smallest absolute Gasteiger partial charge is 0.0210 e. The molecule has 0 nitrogen and oxygen atoms in total. The van der Waals surface area contributed by atoms with E-state index in [-0.39, 0.29) is 0 Å². The van der Waals surface area contributed by atoms with Crippen molar-refractivity contribution < 1.29 is 0 Å². The molecule has 0 amide bonds. The van der Waals surface area contributed by atoms with Crippen LogP contribution < -0.4 is 0 Å². The first-order chi connectivity index (χ1) is 6.18. The molecule has 0 bridgehead atoms. The van der Waals surface area contributed by atoms with Gasteiger partial charge in [0.1, 0.15) is 0 Å². The van der Waals surface area contributed by atoms with Gasteiger partial charge in [-0.05, 0) is 24.0 Å². The van der Waals surface area contributed by atoms with Crippen LogP contribution in [0.5, 0.6) is 0 Å². The van der Waals surface area contributed by atoms with Gasteiger partial charge in [0.2, 0.25) is 0 Å². The van der Waals surface area contributed by atoms with Crippen molar-refractivity contribution in [3.63, 3.8) is 0 Å². The van der Waals surface area contributed by atoms with Crippen LogP contribution in [0.2, 0.25) is 0 Å². The molecule has 2 aliphatic rings. The fourth-order valence-corrected chi connectivity index (χ4v) is 2.09. The molecule has 0 fully saturated rings. The predicted molar refractivity (Wildman–Crippen MR) is 57.4 cm³/mol. The van der Waals surface area contributed by atoms with Crippen molar-refractivity contribution in [2.75, 3.05) is 0 Å². The molecular weight excluding hydrogens is 156 g/mol. The second-order valence-corrected chi connectivity index (χ2v) is 4.20. The molecule has 0 radical (unpaired) electrons. The lowest BCUT2D eigenvalue weighted by molar-refractivity contribution is 0.747. The van der Waals surface area contributed by atoms with Gasteiger partial charge in [0, 0.05) is 5.92 Å².